The van der Waals surface area contributed by atoms with Gasteiger partial charge in [-0.1, -0.05) is 45.7 Å². The Kier molecular flexibility index (Phi) is 5.92. The van der Waals surface area contributed by atoms with E-state index in [4.69, 9.17) is 4.74 Å². The molecule has 1 amide bonds. The molecule has 0 saturated heterocycles. The van der Waals surface area contributed by atoms with Crippen LogP contribution in [0.25, 0.3) is 0 Å². The molecule has 0 aromatic heterocycles. The predicted octanol–water partition coefficient (Wildman–Crippen LogP) is 3.51. The Hall–Kier alpha value is -1.55. The van der Waals surface area contributed by atoms with Crippen LogP contribution in [0.3, 0.4) is 0 Å². The van der Waals surface area contributed by atoms with E-state index >= 15 is 0 Å². The van der Waals surface area contributed by atoms with Crippen LogP contribution in [0.2, 0.25) is 0 Å². The molecule has 1 aromatic carbocycles. The minimum absolute atomic E-state index is 0.0825. The summed E-state index contributed by atoms with van der Waals surface area (Å²) in [6.07, 6.45) is 2.73. The fourth-order valence-corrected chi connectivity index (χ4v) is 3.28. The van der Waals surface area contributed by atoms with E-state index in [0.717, 1.165) is 25.7 Å². The number of ether oxygens (including phenoxy) is 1. The van der Waals surface area contributed by atoms with Crippen LogP contribution in [0.4, 0.5) is 0 Å². The first-order valence-electron chi connectivity index (χ1n) is 8.92. The summed E-state index contributed by atoms with van der Waals surface area (Å²) in [5.41, 5.74) is 1.33. The summed E-state index contributed by atoms with van der Waals surface area (Å²) in [4.78, 5) is 14.3. The molecule has 0 radical (unpaired) electrons. The smallest absolute Gasteiger partial charge is 0.263 e. The Morgan fingerprint density at radius 1 is 1.21 bits per heavy atom. The van der Waals surface area contributed by atoms with Gasteiger partial charge in [0.15, 0.2) is 6.10 Å². The highest BCUT2D eigenvalue weighted by Gasteiger charge is 2.32. The summed E-state index contributed by atoms with van der Waals surface area (Å²) in [7, 11) is 1.77. The second kappa shape index (κ2) is 7.56. The minimum atomic E-state index is -0.565. The third-order valence-corrected chi connectivity index (χ3v) is 4.92. The molecule has 1 saturated carbocycles. The molecule has 0 spiro atoms. The maximum atomic E-state index is 12.6. The second-order valence-corrected chi connectivity index (χ2v) is 7.90. The molecule has 0 unspecified atom stereocenters. The van der Waals surface area contributed by atoms with E-state index in [9.17, 15) is 9.90 Å². The standard InChI is InChI=1S/C20H31NO3/c1-14(19(23)21(5)17-8-6-7-9-18(17)22)24-16-12-10-15(11-13-16)20(2,3)4/h10-14,17-18,22H,6-9H2,1-5H3/t14-,17+,18+/m0/s1. The van der Waals surface area contributed by atoms with Crippen molar-refractivity contribution in [1.29, 1.82) is 0 Å². The van der Waals surface area contributed by atoms with Crippen LogP contribution >= 0.6 is 0 Å². The number of aliphatic hydroxyl groups is 1. The van der Waals surface area contributed by atoms with Gasteiger partial charge in [0.2, 0.25) is 0 Å². The van der Waals surface area contributed by atoms with Gasteiger partial charge in [-0.25, -0.2) is 0 Å². The van der Waals surface area contributed by atoms with Gasteiger partial charge in [0, 0.05) is 7.05 Å². The number of hydrogen-bond donors (Lipinski definition) is 1. The Morgan fingerprint density at radius 3 is 2.33 bits per heavy atom. The summed E-state index contributed by atoms with van der Waals surface area (Å²) < 4.78 is 5.82. The van der Waals surface area contributed by atoms with Crippen LogP contribution in [0.1, 0.15) is 58.9 Å². The summed E-state index contributed by atoms with van der Waals surface area (Å²) in [6.45, 7) is 8.27. The van der Waals surface area contributed by atoms with Crippen LogP contribution in [-0.4, -0.2) is 41.2 Å². The van der Waals surface area contributed by atoms with Crippen molar-refractivity contribution in [3.05, 3.63) is 29.8 Å². The number of carbonyl (C=O) groups excluding carboxylic acids is 1. The van der Waals surface area contributed by atoms with Gasteiger partial charge >= 0.3 is 0 Å². The first-order valence-corrected chi connectivity index (χ1v) is 8.92. The van der Waals surface area contributed by atoms with E-state index in [0.29, 0.717) is 5.75 Å². The van der Waals surface area contributed by atoms with E-state index in [2.05, 4.69) is 20.8 Å². The molecule has 1 fully saturated rings. The van der Waals surface area contributed by atoms with Crippen molar-refractivity contribution in [3.63, 3.8) is 0 Å². The van der Waals surface area contributed by atoms with Crippen molar-refractivity contribution >= 4 is 5.91 Å². The van der Waals surface area contributed by atoms with Crippen molar-refractivity contribution in [3.8, 4) is 5.75 Å². The zero-order valence-electron chi connectivity index (χ0n) is 15.6. The monoisotopic (exact) mass is 333 g/mol. The third kappa shape index (κ3) is 4.50. The van der Waals surface area contributed by atoms with E-state index < -0.39 is 12.2 Å². The molecule has 24 heavy (non-hydrogen) atoms. The summed E-state index contributed by atoms with van der Waals surface area (Å²) in [6, 6.07) is 7.82. The van der Waals surface area contributed by atoms with Crippen LogP contribution < -0.4 is 4.74 Å². The lowest BCUT2D eigenvalue weighted by Gasteiger charge is -2.36. The van der Waals surface area contributed by atoms with E-state index in [1.807, 2.05) is 24.3 Å². The first-order chi connectivity index (χ1) is 11.2. The second-order valence-electron chi connectivity index (χ2n) is 7.90. The summed E-state index contributed by atoms with van der Waals surface area (Å²) in [5.74, 6) is 0.613. The maximum Gasteiger partial charge on any atom is 0.263 e. The highest BCUT2D eigenvalue weighted by Crippen LogP contribution is 2.26. The molecule has 1 aliphatic rings. The number of aliphatic hydroxyl groups excluding tert-OH is 1. The van der Waals surface area contributed by atoms with Crippen LogP contribution in [0, 0.1) is 0 Å². The highest BCUT2D eigenvalue weighted by atomic mass is 16.5. The zero-order valence-corrected chi connectivity index (χ0v) is 15.6. The zero-order chi connectivity index (χ0) is 17.9. The highest BCUT2D eigenvalue weighted by molar-refractivity contribution is 5.81. The average molecular weight is 333 g/mol. The predicted molar refractivity (Wildman–Crippen MR) is 96.3 cm³/mol. The van der Waals surface area contributed by atoms with Gasteiger partial charge in [0.05, 0.1) is 12.1 Å². The molecule has 1 N–H and O–H groups in total. The third-order valence-electron chi connectivity index (χ3n) is 4.92. The van der Waals surface area contributed by atoms with Crippen LogP contribution in [-0.2, 0) is 10.2 Å². The molecule has 0 aliphatic heterocycles. The lowest BCUT2D eigenvalue weighted by Crippen LogP contribution is -2.50. The summed E-state index contributed by atoms with van der Waals surface area (Å²) in [5, 5.41) is 10.1. The molecule has 4 heteroatoms. The van der Waals surface area contributed by atoms with Gasteiger partial charge in [0.25, 0.3) is 5.91 Å². The topological polar surface area (TPSA) is 49.8 Å². The number of likely N-dealkylation sites (N-methyl/N-ethyl adjacent to an activating group) is 1. The average Bonchev–Trinajstić information content (AvgIpc) is 2.53. The molecular weight excluding hydrogens is 302 g/mol. The molecule has 1 aliphatic carbocycles. The van der Waals surface area contributed by atoms with E-state index in [1.54, 1.807) is 18.9 Å². The Balaban J connectivity index is 1.98. The number of rotatable bonds is 4. The fourth-order valence-electron chi connectivity index (χ4n) is 3.28. The minimum Gasteiger partial charge on any atom is -0.481 e. The van der Waals surface area contributed by atoms with Crippen LogP contribution in [0.15, 0.2) is 24.3 Å². The van der Waals surface area contributed by atoms with Gasteiger partial charge in [-0.15, -0.1) is 0 Å². The Labute approximate surface area is 145 Å². The Bertz CT molecular complexity index is 547. The largest absolute Gasteiger partial charge is 0.481 e. The van der Waals surface area contributed by atoms with Gasteiger partial charge < -0.3 is 14.7 Å². The molecule has 0 bridgehead atoms. The molecule has 134 valence electrons. The lowest BCUT2D eigenvalue weighted by molar-refractivity contribution is -0.142. The van der Waals surface area contributed by atoms with Crippen molar-refractivity contribution in [2.24, 2.45) is 0 Å². The number of benzene rings is 1. The molecular formula is C20H31NO3. The number of carbonyl (C=O) groups is 1. The SMILES string of the molecule is C[C@H](Oc1ccc(C(C)(C)C)cc1)C(=O)N(C)[C@@H]1CCCC[C@H]1O. The molecule has 1 aromatic rings. The quantitative estimate of drug-likeness (QED) is 0.917. The Morgan fingerprint density at radius 2 is 1.79 bits per heavy atom. The molecule has 3 atom stereocenters. The normalized spacial score (nSPS) is 22.8. The fraction of sp³-hybridized carbons (Fsp3) is 0.650. The first kappa shape index (κ1) is 18.8. The molecule has 2 rings (SSSR count). The number of hydrogen-bond acceptors (Lipinski definition) is 3. The summed E-state index contributed by atoms with van der Waals surface area (Å²) >= 11 is 0. The van der Waals surface area contributed by atoms with Crippen molar-refractivity contribution in [2.45, 2.75) is 77.0 Å². The van der Waals surface area contributed by atoms with Crippen molar-refractivity contribution in [1.82, 2.24) is 4.90 Å². The van der Waals surface area contributed by atoms with Gasteiger partial charge in [0.1, 0.15) is 5.75 Å². The van der Waals surface area contributed by atoms with Crippen molar-refractivity contribution in [2.75, 3.05) is 7.05 Å². The number of amides is 1. The molecule has 0 heterocycles. The van der Waals surface area contributed by atoms with Gasteiger partial charge in [-0.2, -0.15) is 0 Å². The maximum absolute atomic E-state index is 12.6. The van der Waals surface area contributed by atoms with Crippen molar-refractivity contribution < 1.29 is 14.6 Å². The molecule has 4 nitrogen and oxygen atoms in total. The van der Waals surface area contributed by atoms with Gasteiger partial charge in [-0.3, -0.25) is 4.79 Å². The van der Waals surface area contributed by atoms with E-state index in [-0.39, 0.29) is 17.4 Å². The van der Waals surface area contributed by atoms with E-state index in [1.165, 1.54) is 5.56 Å². The van der Waals surface area contributed by atoms with Crippen LogP contribution in [0.5, 0.6) is 5.75 Å². The number of nitrogens with zero attached hydrogens (tertiary/aromatic N) is 1. The lowest BCUT2D eigenvalue weighted by atomic mass is 9.87. The van der Waals surface area contributed by atoms with Gasteiger partial charge in [-0.05, 0) is 42.9 Å².